The molecule has 0 saturated carbocycles. The average Bonchev–Trinajstić information content (AvgIpc) is 2.51. The Morgan fingerprint density at radius 3 is 2.86 bits per heavy atom. The molecule has 1 heterocycles. The van der Waals surface area contributed by atoms with Crippen LogP contribution < -0.4 is 5.32 Å². The molecule has 2 aliphatic rings. The van der Waals surface area contributed by atoms with Crippen LogP contribution in [-0.2, 0) is 4.79 Å². The Labute approximate surface area is 85.8 Å². The summed E-state index contributed by atoms with van der Waals surface area (Å²) in [5.74, 6) is 1.64. The van der Waals surface area contributed by atoms with Crippen molar-refractivity contribution in [1.29, 1.82) is 0 Å². The molecule has 14 heavy (non-hydrogen) atoms. The maximum Gasteiger partial charge on any atom is 0.220 e. The normalized spacial score (nSPS) is 38.0. The smallest absolute Gasteiger partial charge is 0.220 e. The van der Waals surface area contributed by atoms with Gasteiger partial charge < -0.3 is 5.32 Å². The predicted octanol–water partition coefficient (Wildman–Crippen LogP) is 2.26. The summed E-state index contributed by atoms with van der Waals surface area (Å²) in [6, 6.07) is 0.446. The number of hydrogen-bond donors (Lipinski definition) is 1. The van der Waals surface area contributed by atoms with Crippen LogP contribution in [0, 0.1) is 11.8 Å². The van der Waals surface area contributed by atoms with Crippen LogP contribution in [0.3, 0.4) is 0 Å². The van der Waals surface area contributed by atoms with Crippen molar-refractivity contribution >= 4 is 5.91 Å². The first-order chi connectivity index (χ1) is 6.66. The van der Waals surface area contributed by atoms with Crippen molar-refractivity contribution in [2.24, 2.45) is 11.8 Å². The summed E-state index contributed by atoms with van der Waals surface area (Å²) in [5.41, 5.74) is 1.51. The van der Waals surface area contributed by atoms with Gasteiger partial charge in [-0.3, -0.25) is 4.79 Å². The summed E-state index contributed by atoms with van der Waals surface area (Å²) < 4.78 is 0. The Kier molecular flexibility index (Phi) is 2.62. The van der Waals surface area contributed by atoms with Crippen molar-refractivity contribution in [3.63, 3.8) is 0 Å². The van der Waals surface area contributed by atoms with Gasteiger partial charge in [0.15, 0.2) is 0 Å². The molecule has 1 fully saturated rings. The van der Waals surface area contributed by atoms with Gasteiger partial charge in [-0.05, 0) is 38.0 Å². The van der Waals surface area contributed by atoms with Gasteiger partial charge in [-0.1, -0.05) is 18.6 Å². The van der Waals surface area contributed by atoms with E-state index in [1.807, 2.05) is 0 Å². The van der Waals surface area contributed by atoms with E-state index in [1.54, 1.807) is 0 Å². The third-order valence-electron chi connectivity index (χ3n) is 3.66. The van der Waals surface area contributed by atoms with Crippen molar-refractivity contribution in [3.8, 4) is 0 Å². The number of nitrogens with one attached hydrogen (secondary N) is 1. The second-order valence-electron chi connectivity index (χ2n) is 4.84. The second kappa shape index (κ2) is 3.76. The maximum atomic E-state index is 11.1. The van der Waals surface area contributed by atoms with E-state index in [-0.39, 0.29) is 5.91 Å². The molecule has 2 rings (SSSR count). The van der Waals surface area contributed by atoms with Crippen molar-refractivity contribution in [1.82, 2.24) is 5.32 Å². The SMILES string of the molecule is CC1=CCC(C2CCC(=O)N2)C(C)C1. The van der Waals surface area contributed by atoms with Gasteiger partial charge in [0.05, 0.1) is 0 Å². The first kappa shape index (κ1) is 9.75. The Morgan fingerprint density at radius 2 is 2.29 bits per heavy atom. The van der Waals surface area contributed by atoms with E-state index < -0.39 is 0 Å². The summed E-state index contributed by atoms with van der Waals surface area (Å²) in [5, 5.41) is 3.10. The fraction of sp³-hybridized carbons (Fsp3) is 0.750. The highest BCUT2D eigenvalue weighted by Gasteiger charge is 2.32. The van der Waals surface area contributed by atoms with E-state index in [2.05, 4.69) is 25.2 Å². The molecule has 1 aliphatic heterocycles. The number of rotatable bonds is 1. The molecule has 0 spiro atoms. The predicted molar refractivity (Wildman–Crippen MR) is 56.8 cm³/mol. The molecule has 78 valence electrons. The lowest BCUT2D eigenvalue weighted by Gasteiger charge is -2.32. The molecule has 0 radical (unpaired) electrons. The molecule has 1 saturated heterocycles. The summed E-state index contributed by atoms with van der Waals surface area (Å²) >= 11 is 0. The molecule has 0 aromatic heterocycles. The summed E-state index contributed by atoms with van der Waals surface area (Å²) in [6.45, 7) is 4.52. The lowest BCUT2D eigenvalue weighted by Crippen LogP contribution is -2.37. The third kappa shape index (κ3) is 1.84. The number of allylic oxidation sites excluding steroid dienone is 2. The van der Waals surface area contributed by atoms with Gasteiger partial charge >= 0.3 is 0 Å². The van der Waals surface area contributed by atoms with Crippen LogP contribution in [-0.4, -0.2) is 11.9 Å². The van der Waals surface area contributed by atoms with Gasteiger partial charge in [0.1, 0.15) is 0 Å². The quantitative estimate of drug-likeness (QED) is 0.636. The molecule has 3 unspecified atom stereocenters. The zero-order chi connectivity index (χ0) is 10.1. The van der Waals surface area contributed by atoms with Gasteiger partial charge in [0.2, 0.25) is 5.91 Å². The van der Waals surface area contributed by atoms with Crippen LogP contribution in [0.4, 0.5) is 0 Å². The minimum atomic E-state index is 0.244. The number of carbonyl (C=O) groups is 1. The van der Waals surface area contributed by atoms with Crippen LogP contribution in [0.2, 0.25) is 0 Å². The van der Waals surface area contributed by atoms with Crippen LogP contribution in [0.1, 0.15) is 39.5 Å². The highest BCUT2D eigenvalue weighted by atomic mass is 16.1. The first-order valence-corrected chi connectivity index (χ1v) is 5.62. The number of amides is 1. The lowest BCUT2D eigenvalue weighted by atomic mass is 9.76. The van der Waals surface area contributed by atoms with E-state index in [0.717, 1.165) is 25.2 Å². The van der Waals surface area contributed by atoms with Crippen molar-refractivity contribution < 1.29 is 4.79 Å². The second-order valence-corrected chi connectivity index (χ2v) is 4.84. The molecule has 0 aromatic carbocycles. The average molecular weight is 193 g/mol. The number of carbonyl (C=O) groups excluding carboxylic acids is 1. The van der Waals surface area contributed by atoms with Crippen molar-refractivity contribution in [2.75, 3.05) is 0 Å². The van der Waals surface area contributed by atoms with E-state index in [4.69, 9.17) is 0 Å². The molecule has 1 N–H and O–H groups in total. The van der Waals surface area contributed by atoms with Gasteiger partial charge in [-0.2, -0.15) is 0 Å². The largest absolute Gasteiger partial charge is 0.353 e. The molecule has 1 aliphatic carbocycles. The highest BCUT2D eigenvalue weighted by molar-refractivity contribution is 5.78. The van der Waals surface area contributed by atoms with Gasteiger partial charge in [0, 0.05) is 12.5 Å². The van der Waals surface area contributed by atoms with Crippen LogP contribution in [0.15, 0.2) is 11.6 Å². The molecule has 2 heteroatoms. The van der Waals surface area contributed by atoms with Crippen molar-refractivity contribution in [3.05, 3.63) is 11.6 Å². The Bertz CT molecular complexity index is 269. The zero-order valence-electron chi connectivity index (χ0n) is 9.05. The Balaban J connectivity index is 2.01. The Morgan fingerprint density at radius 1 is 1.50 bits per heavy atom. The van der Waals surface area contributed by atoms with Crippen LogP contribution in [0.5, 0.6) is 0 Å². The molecule has 2 nitrogen and oxygen atoms in total. The Hall–Kier alpha value is -0.790. The van der Waals surface area contributed by atoms with E-state index in [0.29, 0.717) is 12.0 Å². The molecule has 0 aromatic rings. The number of hydrogen-bond acceptors (Lipinski definition) is 1. The monoisotopic (exact) mass is 193 g/mol. The topological polar surface area (TPSA) is 29.1 Å². The maximum absolute atomic E-state index is 11.1. The summed E-state index contributed by atoms with van der Waals surface area (Å²) in [4.78, 5) is 11.1. The molecular formula is C12H19NO. The van der Waals surface area contributed by atoms with E-state index in [1.165, 1.54) is 12.0 Å². The fourth-order valence-electron chi connectivity index (χ4n) is 2.83. The molecule has 1 amide bonds. The minimum absolute atomic E-state index is 0.244. The zero-order valence-corrected chi connectivity index (χ0v) is 9.05. The minimum Gasteiger partial charge on any atom is -0.353 e. The first-order valence-electron chi connectivity index (χ1n) is 5.62. The standard InChI is InChI=1S/C12H19NO/c1-8-3-4-10(9(2)7-8)11-5-6-12(14)13-11/h3,9-11H,4-7H2,1-2H3,(H,13,14). The van der Waals surface area contributed by atoms with Gasteiger partial charge in [-0.15, -0.1) is 0 Å². The molecular weight excluding hydrogens is 174 g/mol. The third-order valence-corrected chi connectivity index (χ3v) is 3.66. The fourth-order valence-corrected chi connectivity index (χ4v) is 2.83. The van der Waals surface area contributed by atoms with E-state index in [9.17, 15) is 4.79 Å². The summed E-state index contributed by atoms with van der Waals surface area (Å²) in [7, 11) is 0. The van der Waals surface area contributed by atoms with Crippen LogP contribution >= 0.6 is 0 Å². The van der Waals surface area contributed by atoms with Crippen LogP contribution in [0.25, 0.3) is 0 Å². The van der Waals surface area contributed by atoms with E-state index >= 15 is 0 Å². The highest BCUT2D eigenvalue weighted by Crippen LogP contribution is 2.34. The van der Waals surface area contributed by atoms with Gasteiger partial charge in [-0.25, -0.2) is 0 Å². The van der Waals surface area contributed by atoms with Gasteiger partial charge in [0.25, 0.3) is 0 Å². The lowest BCUT2D eigenvalue weighted by molar-refractivity contribution is -0.119. The molecule has 3 atom stereocenters. The summed E-state index contributed by atoms with van der Waals surface area (Å²) in [6.07, 6.45) is 6.47. The van der Waals surface area contributed by atoms with Crippen molar-refractivity contribution in [2.45, 2.75) is 45.6 Å². The molecule has 0 bridgehead atoms.